The summed E-state index contributed by atoms with van der Waals surface area (Å²) in [6.45, 7) is 22.7. The van der Waals surface area contributed by atoms with Crippen LogP contribution in [-0.2, 0) is 12.8 Å². The first-order chi connectivity index (χ1) is 26.4. The van der Waals surface area contributed by atoms with Gasteiger partial charge in [0.05, 0.1) is 21.3 Å². The lowest BCUT2D eigenvalue weighted by Crippen LogP contribution is -2.10. The first-order valence-electron chi connectivity index (χ1n) is 19.3. The van der Waals surface area contributed by atoms with Gasteiger partial charge in [-0.2, -0.15) is 0 Å². The Kier molecular flexibility index (Phi) is 21.8. The summed E-state index contributed by atoms with van der Waals surface area (Å²) >= 11 is 0. The summed E-state index contributed by atoms with van der Waals surface area (Å²) in [6.07, 6.45) is 7.46. The van der Waals surface area contributed by atoms with Crippen molar-refractivity contribution in [2.24, 2.45) is 4.99 Å². The van der Waals surface area contributed by atoms with E-state index in [-0.39, 0.29) is 23.3 Å². The van der Waals surface area contributed by atoms with Gasteiger partial charge < -0.3 is 29.7 Å². The number of nitrogens with one attached hydrogen (secondary N) is 1. The van der Waals surface area contributed by atoms with Crippen LogP contribution in [0.25, 0.3) is 0 Å². The van der Waals surface area contributed by atoms with Crippen LogP contribution >= 0.6 is 0 Å². The average molecular weight is 753 g/mol. The van der Waals surface area contributed by atoms with E-state index in [0.29, 0.717) is 23.7 Å². The monoisotopic (exact) mass is 753 g/mol. The van der Waals surface area contributed by atoms with E-state index in [1.165, 1.54) is 45.0 Å². The number of aryl methyl sites for hydroxylation is 2. The molecule has 300 valence electrons. The third-order valence-electron chi connectivity index (χ3n) is 9.54. The highest BCUT2D eigenvalue weighted by atomic mass is 16.5. The largest absolute Gasteiger partial charge is 0.504 e. The van der Waals surface area contributed by atoms with Crippen molar-refractivity contribution in [1.29, 1.82) is 0 Å². The van der Waals surface area contributed by atoms with Crippen molar-refractivity contribution in [3.8, 4) is 28.7 Å². The molecule has 0 bridgehead atoms. The fourth-order valence-corrected chi connectivity index (χ4v) is 6.46. The molecule has 0 radical (unpaired) electrons. The van der Waals surface area contributed by atoms with Gasteiger partial charge >= 0.3 is 0 Å². The number of aromatic hydroxyl groups is 2. The highest BCUT2D eigenvalue weighted by molar-refractivity contribution is 5.57. The van der Waals surface area contributed by atoms with Crippen molar-refractivity contribution in [2.45, 2.75) is 101 Å². The zero-order valence-corrected chi connectivity index (χ0v) is 36.2. The Morgan fingerprint density at radius 2 is 1.20 bits per heavy atom. The predicted octanol–water partition coefficient (Wildman–Crippen LogP) is 11.9. The molecule has 4 rings (SSSR count). The van der Waals surface area contributed by atoms with Gasteiger partial charge in [-0.1, -0.05) is 76.2 Å². The lowest BCUT2D eigenvalue weighted by molar-refractivity contribution is 0.323. The van der Waals surface area contributed by atoms with Gasteiger partial charge in [-0.3, -0.25) is 4.99 Å². The zero-order valence-electron chi connectivity index (χ0n) is 36.2. The van der Waals surface area contributed by atoms with Crippen molar-refractivity contribution in [3.63, 3.8) is 0 Å². The number of phenolic OH excluding ortho intramolecular Hbond substituents is 2. The minimum Gasteiger partial charge on any atom is -0.504 e. The second kappa shape index (κ2) is 25.0. The van der Waals surface area contributed by atoms with E-state index in [0.717, 1.165) is 23.2 Å². The number of nitrogens with zero attached hydrogens (tertiary/aromatic N) is 1. The molecule has 0 amide bonds. The molecule has 2 atom stereocenters. The van der Waals surface area contributed by atoms with Crippen LogP contribution in [0.5, 0.6) is 28.7 Å². The van der Waals surface area contributed by atoms with Crippen LogP contribution in [0.2, 0.25) is 0 Å². The van der Waals surface area contributed by atoms with Crippen LogP contribution in [0.4, 0.5) is 0 Å². The van der Waals surface area contributed by atoms with E-state index in [4.69, 9.17) is 14.2 Å². The molecule has 7 heteroatoms. The molecule has 0 saturated heterocycles. The quantitative estimate of drug-likeness (QED) is 0.0930. The molecule has 0 aromatic heterocycles. The molecule has 4 aromatic rings. The minimum atomic E-state index is -0.0973. The predicted molar refractivity (Wildman–Crippen MR) is 234 cm³/mol. The topological polar surface area (TPSA) is 92.5 Å². The number of rotatable bonds is 13. The summed E-state index contributed by atoms with van der Waals surface area (Å²) in [5.41, 5.74) is 12.1. The molecule has 0 aliphatic heterocycles. The molecule has 0 saturated carbocycles. The molecule has 0 aliphatic rings. The number of allylic oxidation sites excluding steroid dienone is 3. The number of aliphatic imine (C=N–C) groups is 1. The molecule has 0 aliphatic carbocycles. The molecule has 7 nitrogen and oxygen atoms in total. The fourth-order valence-electron chi connectivity index (χ4n) is 6.46. The Balaban J connectivity index is 0.000000507. The first-order valence-corrected chi connectivity index (χ1v) is 19.3. The zero-order chi connectivity index (χ0) is 41.7. The Hall–Kier alpha value is -5.17. The molecular formula is C48H68N2O5. The molecule has 0 heterocycles. The SMILES string of the molecule is CC.CC.CC=N/C(=C\C)C(Cc1ccc(O)c(O)c1)c1cccc(C)c1C.CN/C=C(\C)C(Cc1cc(OC)c(OC)c(OC)c1)c1cccc(C)c1C. The number of hydrogen-bond acceptors (Lipinski definition) is 7. The van der Waals surface area contributed by atoms with Crippen LogP contribution < -0.4 is 19.5 Å². The summed E-state index contributed by atoms with van der Waals surface area (Å²) in [5.74, 6) is 2.14. The fraction of sp³-hybridized carbons (Fsp3) is 0.396. The van der Waals surface area contributed by atoms with Crippen molar-refractivity contribution < 1.29 is 24.4 Å². The van der Waals surface area contributed by atoms with Crippen molar-refractivity contribution in [3.05, 3.63) is 135 Å². The summed E-state index contributed by atoms with van der Waals surface area (Å²) < 4.78 is 16.5. The first kappa shape index (κ1) is 47.9. The molecule has 0 spiro atoms. The lowest BCUT2D eigenvalue weighted by Gasteiger charge is -2.23. The maximum absolute atomic E-state index is 9.79. The average Bonchev–Trinajstić information content (AvgIpc) is 3.20. The van der Waals surface area contributed by atoms with Gasteiger partial charge in [-0.05, 0) is 142 Å². The minimum absolute atomic E-state index is 0.0896. The summed E-state index contributed by atoms with van der Waals surface area (Å²) in [6, 6.07) is 21.9. The maximum Gasteiger partial charge on any atom is 0.203 e. The van der Waals surface area contributed by atoms with Crippen LogP contribution in [0.3, 0.4) is 0 Å². The third kappa shape index (κ3) is 13.3. The van der Waals surface area contributed by atoms with Crippen molar-refractivity contribution in [2.75, 3.05) is 28.4 Å². The van der Waals surface area contributed by atoms with Gasteiger partial charge in [0.2, 0.25) is 5.75 Å². The number of hydrogen-bond donors (Lipinski definition) is 3. The third-order valence-corrected chi connectivity index (χ3v) is 9.54. The smallest absolute Gasteiger partial charge is 0.203 e. The van der Waals surface area contributed by atoms with Gasteiger partial charge in [-0.25, -0.2) is 0 Å². The van der Waals surface area contributed by atoms with E-state index in [1.54, 1.807) is 27.4 Å². The van der Waals surface area contributed by atoms with Gasteiger partial charge in [0.1, 0.15) is 0 Å². The molecule has 3 N–H and O–H groups in total. The Bertz CT molecular complexity index is 1830. The molecule has 4 aromatic carbocycles. The Morgan fingerprint density at radius 3 is 1.64 bits per heavy atom. The molecule has 0 fully saturated rings. The lowest BCUT2D eigenvalue weighted by atomic mass is 9.83. The molecular weight excluding hydrogens is 685 g/mol. The van der Waals surface area contributed by atoms with E-state index < -0.39 is 0 Å². The van der Waals surface area contributed by atoms with E-state index in [1.807, 2.05) is 79.1 Å². The molecule has 2 unspecified atom stereocenters. The van der Waals surface area contributed by atoms with Gasteiger partial charge in [0, 0.05) is 30.8 Å². The number of methoxy groups -OCH3 is 3. The van der Waals surface area contributed by atoms with Crippen LogP contribution in [0.1, 0.15) is 105 Å². The maximum atomic E-state index is 9.79. The van der Waals surface area contributed by atoms with E-state index in [2.05, 4.69) is 87.5 Å². The summed E-state index contributed by atoms with van der Waals surface area (Å²) in [5, 5.41) is 22.5. The van der Waals surface area contributed by atoms with Gasteiger partial charge in [-0.15, -0.1) is 0 Å². The van der Waals surface area contributed by atoms with E-state index in [9.17, 15) is 10.2 Å². The Labute approximate surface area is 332 Å². The van der Waals surface area contributed by atoms with E-state index >= 15 is 0 Å². The normalized spacial score (nSPS) is 12.2. The molecule has 55 heavy (non-hydrogen) atoms. The second-order valence-corrected chi connectivity index (χ2v) is 12.7. The van der Waals surface area contributed by atoms with Gasteiger partial charge in [0.15, 0.2) is 23.0 Å². The van der Waals surface area contributed by atoms with Crippen molar-refractivity contribution in [1.82, 2.24) is 5.32 Å². The van der Waals surface area contributed by atoms with Crippen LogP contribution in [-0.4, -0.2) is 44.8 Å². The second-order valence-electron chi connectivity index (χ2n) is 12.7. The summed E-state index contributed by atoms with van der Waals surface area (Å²) in [4.78, 5) is 4.55. The van der Waals surface area contributed by atoms with Crippen molar-refractivity contribution >= 4 is 6.21 Å². The number of ether oxygens (including phenoxy) is 3. The van der Waals surface area contributed by atoms with Gasteiger partial charge in [0.25, 0.3) is 0 Å². The van der Waals surface area contributed by atoms with Crippen LogP contribution in [0.15, 0.2) is 95.3 Å². The Morgan fingerprint density at radius 1 is 0.691 bits per heavy atom. The number of phenols is 2. The standard InChI is InChI=1S/C23H31NO3.C21H25NO2.2C2H6/c1-15-9-8-10-19(17(15)3)20(16(2)14-24-4)11-18-12-21(25-5)23(27-7)22(13-18)26-6;1-5-19(22-6-2)18(17-9-7-8-14(3)15(17)4)12-16-10-11-20(23)21(24)13-16;2*1-2/h8-10,12-14,20,24H,11H2,1-7H3;5-11,13,18,23-24H,12H2,1-4H3;2*1-2H3/b16-14+;19-5-,22-6?;;. The summed E-state index contributed by atoms with van der Waals surface area (Å²) in [7, 11) is 6.85. The number of benzene rings is 4. The highest BCUT2D eigenvalue weighted by Crippen LogP contribution is 2.41. The highest BCUT2D eigenvalue weighted by Gasteiger charge is 2.22. The van der Waals surface area contributed by atoms with Crippen LogP contribution in [0, 0.1) is 27.7 Å².